The van der Waals surface area contributed by atoms with Crippen LogP contribution in [0.15, 0.2) is 53.3 Å². The van der Waals surface area contributed by atoms with Crippen LogP contribution in [-0.4, -0.2) is 27.6 Å². The number of para-hydroxylation sites is 1. The van der Waals surface area contributed by atoms with Crippen molar-refractivity contribution in [3.63, 3.8) is 0 Å². The van der Waals surface area contributed by atoms with Crippen molar-refractivity contribution in [3.8, 4) is 0 Å². The minimum absolute atomic E-state index is 0.0357. The minimum Gasteiger partial charge on any atom is -0.350 e. The Labute approximate surface area is 175 Å². The molecule has 0 saturated carbocycles. The van der Waals surface area contributed by atoms with Crippen molar-refractivity contribution in [3.05, 3.63) is 70.1 Å². The third-order valence-corrected chi connectivity index (χ3v) is 4.46. The Morgan fingerprint density at radius 2 is 1.57 bits per heavy atom. The Hall–Kier alpha value is -3.48. The molecule has 1 aromatic heterocycles. The van der Waals surface area contributed by atoms with Gasteiger partial charge in [0.1, 0.15) is 0 Å². The van der Waals surface area contributed by atoms with Gasteiger partial charge >= 0.3 is 0 Å². The van der Waals surface area contributed by atoms with Crippen LogP contribution in [0.25, 0.3) is 10.8 Å². The lowest BCUT2D eigenvalue weighted by Crippen LogP contribution is -2.31. The van der Waals surface area contributed by atoms with E-state index in [1.54, 1.807) is 48.5 Å². The van der Waals surface area contributed by atoms with Gasteiger partial charge in [0.25, 0.3) is 17.4 Å². The molecule has 2 N–H and O–H groups in total. The number of hydrogen-bond donors (Lipinski definition) is 2. The summed E-state index contributed by atoms with van der Waals surface area (Å²) in [6.07, 6.45) is 0. The van der Waals surface area contributed by atoms with Crippen LogP contribution in [0.3, 0.4) is 0 Å². The molecule has 0 aliphatic carbocycles. The van der Waals surface area contributed by atoms with E-state index < -0.39 is 5.91 Å². The second-order valence-electron chi connectivity index (χ2n) is 7.90. The first-order chi connectivity index (χ1) is 14.3. The first kappa shape index (κ1) is 21.2. The summed E-state index contributed by atoms with van der Waals surface area (Å²) in [4.78, 5) is 38.4. The number of carbonyl (C=O) groups excluding carboxylic acids is 2. The number of aromatic nitrogens is 2. The SMILES string of the molecule is CC(C)Cn1nc(C(=O)Nc2ccccc2C(=O)NC(C)C)c2ccccc2c1=O. The lowest BCUT2D eigenvalue weighted by Gasteiger charge is -2.15. The van der Waals surface area contributed by atoms with Gasteiger partial charge in [0.2, 0.25) is 0 Å². The first-order valence-corrected chi connectivity index (χ1v) is 9.99. The molecular formula is C23H26N4O3. The molecule has 0 atom stereocenters. The van der Waals surface area contributed by atoms with Gasteiger partial charge in [-0.15, -0.1) is 0 Å². The zero-order chi connectivity index (χ0) is 21.8. The van der Waals surface area contributed by atoms with Gasteiger partial charge in [-0.3, -0.25) is 14.4 Å². The molecule has 0 aliphatic rings. The number of carbonyl (C=O) groups is 2. The van der Waals surface area contributed by atoms with Crippen molar-refractivity contribution in [2.24, 2.45) is 5.92 Å². The molecular weight excluding hydrogens is 380 g/mol. The summed E-state index contributed by atoms with van der Waals surface area (Å²) in [7, 11) is 0. The van der Waals surface area contributed by atoms with Gasteiger partial charge in [0, 0.05) is 18.0 Å². The van der Waals surface area contributed by atoms with E-state index in [0.717, 1.165) is 0 Å². The van der Waals surface area contributed by atoms with Gasteiger partial charge in [0.15, 0.2) is 5.69 Å². The summed E-state index contributed by atoms with van der Waals surface area (Å²) >= 11 is 0. The van der Waals surface area contributed by atoms with Crippen LogP contribution in [0, 0.1) is 5.92 Å². The van der Waals surface area contributed by atoms with Gasteiger partial charge in [-0.05, 0) is 38.0 Å². The lowest BCUT2D eigenvalue weighted by molar-refractivity contribution is 0.0944. The molecule has 30 heavy (non-hydrogen) atoms. The van der Waals surface area contributed by atoms with Crippen LogP contribution in [0.4, 0.5) is 5.69 Å². The highest BCUT2D eigenvalue weighted by molar-refractivity contribution is 6.13. The Bertz CT molecular complexity index is 1150. The Kier molecular flexibility index (Phi) is 6.30. The van der Waals surface area contributed by atoms with Gasteiger partial charge in [-0.2, -0.15) is 5.10 Å². The number of rotatable bonds is 6. The van der Waals surface area contributed by atoms with Gasteiger partial charge in [-0.25, -0.2) is 4.68 Å². The van der Waals surface area contributed by atoms with Crippen LogP contribution in [0.5, 0.6) is 0 Å². The zero-order valence-electron chi connectivity index (χ0n) is 17.6. The summed E-state index contributed by atoms with van der Waals surface area (Å²) in [5.41, 5.74) is 0.657. The van der Waals surface area contributed by atoms with E-state index in [-0.39, 0.29) is 29.1 Å². The molecule has 2 amide bonds. The summed E-state index contributed by atoms with van der Waals surface area (Å²) in [5.74, 6) is -0.565. The number of nitrogens with zero attached hydrogens (tertiary/aromatic N) is 2. The summed E-state index contributed by atoms with van der Waals surface area (Å²) < 4.78 is 1.33. The Morgan fingerprint density at radius 3 is 2.23 bits per heavy atom. The summed E-state index contributed by atoms with van der Waals surface area (Å²) in [5, 5.41) is 10.9. The topological polar surface area (TPSA) is 93.1 Å². The maximum Gasteiger partial charge on any atom is 0.276 e. The molecule has 7 nitrogen and oxygen atoms in total. The molecule has 2 aromatic carbocycles. The molecule has 0 saturated heterocycles. The number of fused-ring (bicyclic) bond motifs is 1. The van der Waals surface area contributed by atoms with Crippen molar-refractivity contribution in [1.29, 1.82) is 0 Å². The second kappa shape index (κ2) is 8.90. The average molecular weight is 406 g/mol. The number of nitrogens with one attached hydrogen (secondary N) is 2. The lowest BCUT2D eigenvalue weighted by atomic mass is 10.1. The van der Waals surface area contributed by atoms with Gasteiger partial charge < -0.3 is 10.6 Å². The van der Waals surface area contributed by atoms with Crippen LogP contribution in [0.1, 0.15) is 48.5 Å². The number of benzene rings is 2. The highest BCUT2D eigenvalue weighted by atomic mass is 16.2. The predicted molar refractivity (Wildman–Crippen MR) is 118 cm³/mol. The quantitative estimate of drug-likeness (QED) is 0.656. The van der Waals surface area contributed by atoms with Gasteiger partial charge in [-0.1, -0.05) is 44.2 Å². The van der Waals surface area contributed by atoms with Crippen LogP contribution in [-0.2, 0) is 6.54 Å². The maximum absolute atomic E-state index is 13.2. The maximum atomic E-state index is 13.2. The molecule has 0 radical (unpaired) electrons. The Balaban J connectivity index is 2.04. The van der Waals surface area contributed by atoms with Crippen molar-refractivity contribution in [1.82, 2.24) is 15.1 Å². The number of hydrogen-bond acceptors (Lipinski definition) is 4. The average Bonchev–Trinajstić information content (AvgIpc) is 2.69. The molecule has 3 aromatic rings. The summed E-state index contributed by atoms with van der Waals surface area (Å²) in [6, 6.07) is 13.7. The highest BCUT2D eigenvalue weighted by Gasteiger charge is 2.20. The molecule has 0 aliphatic heterocycles. The van der Waals surface area contributed by atoms with E-state index in [1.165, 1.54) is 4.68 Å². The third-order valence-electron chi connectivity index (χ3n) is 4.46. The molecule has 0 fully saturated rings. The fourth-order valence-electron chi connectivity index (χ4n) is 3.18. The van der Waals surface area contributed by atoms with E-state index in [0.29, 0.717) is 28.6 Å². The molecule has 7 heteroatoms. The fourth-order valence-corrected chi connectivity index (χ4v) is 3.18. The largest absolute Gasteiger partial charge is 0.350 e. The Morgan fingerprint density at radius 1 is 0.933 bits per heavy atom. The molecule has 3 rings (SSSR count). The molecule has 1 heterocycles. The van der Waals surface area contributed by atoms with Crippen LogP contribution < -0.4 is 16.2 Å². The standard InChI is InChI=1S/C23H26N4O3/c1-14(2)13-27-23(30)17-10-6-5-9-16(17)20(26-27)22(29)25-19-12-8-7-11-18(19)21(28)24-15(3)4/h5-12,14-15H,13H2,1-4H3,(H,24,28)(H,25,29). The van der Waals surface area contributed by atoms with Crippen molar-refractivity contribution in [2.45, 2.75) is 40.3 Å². The predicted octanol–water partition coefficient (Wildman–Crippen LogP) is 3.44. The number of amides is 2. The second-order valence-corrected chi connectivity index (χ2v) is 7.90. The summed E-state index contributed by atoms with van der Waals surface area (Å²) in [6.45, 7) is 8.09. The van der Waals surface area contributed by atoms with Crippen molar-refractivity contribution < 1.29 is 9.59 Å². The van der Waals surface area contributed by atoms with Gasteiger partial charge in [0.05, 0.1) is 16.6 Å². The highest BCUT2D eigenvalue weighted by Crippen LogP contribution is 2.19. The fraction of sp³-hybridized carbons (Fsp3) is 0.304. The third kappa shape index (κ3) is 4.56. The molecule has 0 unspecified atom stereocenters. The van der Waals surface area contributed by atoms with Crippen molar-refractivity contribution in [2.75, 3.05) is 5.32 Å². The minimum atomic E-state index is -0.478. The van der Waals surface area contributed by atoms with Crippen molar-refractivity contribution >= 4 is 28.3 Å². The molecule has 156 valence electrons. The number of anilines is 1. The smallest absolute Gasteiger partial charge is 0.276 e. The van der Waals surface area contributed by atoms with Crippen LogP contribution in [0.2, 0.25) is 0 Å². The normalized spacial score (nSPS) is 11.1. The van der Waals surface area contributed by atoms with E-state index in [1.807, 2.05) is 27.7 Å². The monoisotopic (exact) mass is 406 g/mol. The molecule has 0 bridgehead atoms. The van der Waals surface area contributed by atoms with E-state index >= 15 is 0 Å². The van der Waals surface area contributed by atoms with E-state index in [2.05, 4.69) is 15.7 Å². The van der Waals surface area contributed by atoms with Crippen LogP contribution >= 0.6 is 0 Å². The zero-order valence-corrected chi connectivity index (χ0v) is 17.6. The first-order valence-electron chi connectivity index (χ1n) is 9.99. The molecule has 0 spiro atoms. The van der Waals surface area contributed by atoms with E-state index in [4.69, 9.17) is 0 Å². The van der Waals surface area contributed by atoms with E-state index in [9.17, 15) is 14.4 Å².